The molecule has 1 fully saturated rings. The molecule has 1 N–H and O–H groups in total. The first kappa shape index (κ1) is 14.1. The Morgan fingerprint density at radius 2 is 1.71 bits per heavy atom. The smallest absolute Gasteiger partial charge is 0.123 e. The van der Waals surface area contributed by atoms with Crippen LogP contribution in [0, 0.1) is 12.7 Å². The van der Waals surface area contributed by atoms with E-state index in [1.807, 2.05) is 25.1 Å². The molecule has 2 nitrogen and oxygen atoms in total. The summed E-state index contributed by atoms with van der Waals surface area (Å²) in [6.45, 7) is 3.47. The molecule has 0 amide bonds. The molecule has 2 aromatic carbocycles. The topological polar surface area (TPSA) is 23.5 Å². The van der Waals surface area contributed by atoms with Gasteiger partial charge >= 0.3 is 0 Å². The second kappa shape index (κ2) is 5.49. The zero-order valence-electron chi connectivity index (χ0n) is 12.2. The number of aliphatic hydroxyl groups is 1. The van der Waals surface area contributed by atoms with Crippen molar-refractivity contribution in [1.82, 2.24) is 0 Å². The predicted molar refractivity (Wildman–Crippen MR) is 82.9 cm³/mol. The van der Waals surface area contributed by atoms with E-state index < -0.39 is 5.60 Å². The number of piperidine rings is 1. The summed E-state index contributed by atoms with van der Waals surface area (Å²) in [5.74, 6) is -0.249. The first-order valence-corrected chi connectivity index (χ1v) is 7.37. The van der Waals surface area contributed by atoms with Gasteiger partial charge in [0.05, 0.1) is 5.60 Å². The van der Waals surface area contributed by atoms with Gasteiger partial charge in [-0.15, -0.1) is 0 Å². The minimum Gasteiger partial charge on any atom is -0.385 e. The van der Waals surface area contributed by atoms with E-state index in [-0.39, 0.29) is 5.82 Å². The summed E-state index contributed by atoms with van der Waals surface area (Å²) in [6, 6.07) is 14.9. The Labute approximate surface area is 124 Å². The maximum absolute atomic E-state index is 13.2. The minimum atomic E-state index is -0.844. The van der Waals surface area contributed by atoms with E-state index in [0.717, 1.165) is 24.2 Å². The van der Waals surface area contributed by atoms with Gasteiger partial charge in [0.25, 0.3) is 0 Å². The van der Waals surface area contributed by atoms with Gasteiger partial charge in [0.15, 0.2) is 0 Å². The number of anilines is 1. The van der Waals surface area contributed by atoms with Crippen molar-refractivity contribution in [1.29, 1.82) is 0 Å². The molecule has 21 heavy (non-hydrogen) atoms. The van der Waals surface area contributed by atoms with Gasteiger partial charge in [-0.05, 0) is 55.2 Å². The summed E-state index contributed by atoms with van der Waals surface area (Å²) in [7, 11) is 0. The molecule has 0 bridgehead atoms. The molecule has 0 aliphatic carbocycles. The molecule has 1 aliphatic heterocycles. The Hall–Kier alpha value is -1.87. The quantitative estimate of drug-likeness (QED) is 0.911. The fourth-order valence-electron chi connectivity index (χ4n) is 3.19. The molecule has 0 aromatic heterocycles. The fraction of sp³-hybridized carbons (Fsp3) is 0.333. The van der Waals surface area contributed by atoms with Crippen LogP contribution in [0.4, 0.5) is 10.1 Å². The van der Waals surface area contributed by atoms with Crippen molar-refractivity contribution in [2.24, 2.45) is 0 Å². The summed E-state index contributed by atoms with van der Waals surface area (Å²) in [6.07, 6.45) is 1.32. The maximum atomic E-state index is 13.2. The third-order valence-corrected chi connectivity index (χ3v) is 4.40. The summed E-state index contributed by atoms with van der Waals surface area (Å²) in [5.41, 5.74) is 2.03. The lowest BCUT2D eigenvalue weighted by Gasteiger charge is -2.40. The highest BCUT2D eigenvalue weighted by molar-refractivity contribution is 5.47. The molecule has 0 atom stereocenters. The molecule has 0 unspecified atom stereocenters. The zero-order valence-corrected chi connectivity index (χ0v) is 12.2. The molecule has 0 radical (unpaired) electrons. The Morgan fingerprint density at radius 3 is 2.33 bits per heavy atom. The van der Waals surface area contributed by atoms with Crippen LogP contribution < -0.4 is 4.90 Å². The third kappa shape index (κ3) is 2.79. The highest BCUT2D eigenvalue weighted by Gasteiger charge is 2.35. The molecule has 1 aliphatic rings. The van der Waals surface area contributed by atoms with Gasteiger partial charge in [-0.3, -0.25) is 0 Å². The predicted octanol–water partition coefficient (Wildman–Crippen LogP) is 3.62. The SMILES string of the molecule is Cc1cc(F)ccc1C1(O)CCN(c2ccccc2)CC1. The summed E-state index contributed by atoms with van der Waals surface area (Å²) in [5, 5.41) is 10.9. The molecule has 1 heterocycles. The van der Waals surface area contributed by atoms with E-state index in [1.165, 1.54) is 17.8 Å². The van der Waals surface area contributed by atoms with Gasteiger partial charge in [0.1, 0.15) is 5.82 Å². The van der Waals surface area contributed by atoms with Crippen molar-refractivity contribution in [2.75, 3.05) is 18.0 Å². The van der Waals surface area contributed by atoms with Crippen LogP contribution in [0.3, 0.4) is 0 Å². The van der Waals surface area contributed by atoms with Gasteiger partial charge < -0.3 is 10.0 Å². The highest BCUT2D eigenvalue weighted by atomic mass is 19.1. The normalized spacial score (nSPS) is 17.8. The van der Waals surface area contributed by atoms with Gasteiger partial charge in [-0.1, -0.05) is 24.3 Å². The number of rotatable bonds is 2. The van der Waals surface area contributed by atoms with Crippen LogP contribution in [-0.4, -0.2) is 18.2 Å². The number of nitrogens with zero attached hydrogens (tertiary/aromatic N) is 1. The molecular weight excluding hydrogens is 265 g/mol. The van der Waals surface area contributed by atoms with E-state index in [0.29, 0.717) is 12.8 Å². The number of aryl methyl sites for hydroxylation is 1. The summed E-state index contributed by atoms with van der Waals surface area (Å²) in [4.78, 5) is 2.29. The minimum absolute atomic E-state index is 0.249. The second-order valence-electron chi connectivity index (χ2n) is 5.81. The number of benzene rings is 2. The van der Waals surface area contributed by atoms with Gasteiger partial charge in [-0.25, -0.2) is 4.39 Å². The molecule has 2 aromatic rings. The van der Waals surface area contributed by atoms with E-state index in [9.17, 15) is 9.50 Å². The van der Waals surface area contributed by atoms with Crippen LogP contribution >= 0.6 is 0 Å². The van der Waals surface area contributed by atoms with Crippen LogP contribution in [0.2, 0.25) is 0 Å². The molecule has 3 heteroatoms. The van der Waals surface area contributed by atoms with Crippen molar-refractivity contribution < 1.29 is 9.50 Å². The highest BCUT2D eigenvalue weighted by Crippen LogP contribution is 2.36. The molecule has 1 saturated heterocycles. The number of hydrogen-bond donors (Lipinski definition) is 1. The largest absolute Gasteiger partial charge is 0.385 e. The van der Waals surface area contributed by atoms with Crippen LogP contribution in [-0.2, 0) is 5.60 Å². The summed E-state index contributed by atoms with van der Waals surface area (Å²) < 4.78 is 13.2. The van der Waals surface area contributed by atoms with E-state index in [1.54, 1.807) is 6.07 Å². The fourth-order valence-corrected chi connectivity index (χ4v) is 3.19. The molecule has 3 rings (SSSR count). The standard InChI is InChI=1S/C18H20FNO/c1-14-13-15(19)7-8-17(14)18(21)9-11-20(12-10-18)16-5-3-2-4-6-16/h2-8,13,21H,9-12H2,1H3. The molecule has 0 saturated carbocycles. The van der Waals surface area contributed by atoms with Crippen molar-refractivity contribution in [3.05, 3.63) is 65.5 Å². The van der Waals surface area contributed by atoms with Crippen LogP contribution in [0.15, 0.2) is 48.5 Å². The number of halogens is 1. The lowest BCUT2D eigenvalue weighted by atomic mass is 9.82. The first-order chi connectivity index (χ1) is 10.1. The number of para-hydroxylation sites is 1. The van der Waals surface area contributed by atoms with Gasteiger partial charge in [-0.2, -0.15) is 0 Å². The molecular formula is C18H20FNO. The monoisotopic (exact) mass is 285 g/mol. The lowest BCUT2D eigenvalue weighted by Crippen LogP contribution is -2.43. The molecule has 0 spiro atoms. The third-order valence-electron chi connectivity index (χ3n) is 4.40. The van der Waals surface area contributed by atoms with E-state index in [2.05, 4.69) is 17.0 Å². The van der Waals surface area contributed by atoms with Gasteiger partial charge in [0, 0.05) is 18.8 Å². The van der Waals surface area contributed by atoms with Crippen molar-refractivity contribution in [3.63, 3.8) is 0 Å². The zero-order chi connectivity index (χ0) is 14.9. The Kier molecular flexibility index (Phi) is 3.68. The van der Waals surface area contributed by atoms with E-state index >= 15 is 0 Å². The Morgan fingerprint density at radius 1 is 1.05 bits per heavy atom. The average Bonchev–Trinajstić information content (AvgIpc) is 2.48. The Balaban J connectivity index is 1.78. The van der Waals surface area contributed by atoms with Gasteiger partial charge in [0.2, 0.25) is 0 Å². The Bertz CT molecular complexity index is 618. The summed E-state index contributed by atoms with van der Waals surface area (Å²) >= 11 is 0. The average molecular weight is 285 g/mol. The lowest BCUT2D eigenvalue weighted by molar-refractivity contribution is 0.0111. The molecule has 110 valence electrons. The van der Waals surface area contributed by atoms with Crippen LogP contribution in [0.1, 0.15) is 24.0 Å². The van der Waals surface area contributed by atoms with Crippen molar-refractivity contribution >= 4 is 5.69 Å². The first-order valence-electron chi connectivity index (χ1n) is 7.37. The van der Waals surface area contributed by atoms with Crippen LogP contribution in [0.5, 0.6) is 0 Å². The van der Waals surface area contributed by atoms with Crippen LogP contribution in [0.25, 0.3) is 0 Å². The maximum Gasteiger partial charge on any atom is 0.123 e. The number of hydrogen-bond acceptors (Lipinski definition) is 2. The van der Waals surface area contributed by atoms with E-state index in [4.69, 9.17) is 0 Å². The van der Waals surface area contributed by atoms with Crippen molar-refractivity contribution in [2.45, 2.75) is 25.4 Å². The van der Waals surface area contributed by atoms with Crippen molar-refractivity contribution in [3.8, 4) is 0 Å². The second-order valence-corrected chi connectivity index (χ2v) is 5.81.